The maximum absolute atomic E-state index is 13.9. The second-order valence-corrected chi connectivity index (χ2v) is 9.87. The molecule has 0 radical (unpaired) electrons. The Morgan fingerprint density at radius 3 is 2.27 bits per heavy atom. The molecule has 6 nitrogen and oxygen atoms in total. The lowest BCUT2D eigenvalue weighted by Gasteiger charge is -2.24. The van der Waals surface area contributed by atoms with Gasteiger partial charge in [-0.1, -0.05) is 41.4 Å². The minimum absolute atomic E-state index is 0.0120. The quantitative estimate of drug-likeness (QED) is 0.386. The first-order valence-electron chi connectivity index (χ1n) is 10.0. The van der Waals surface area contributed by atoms with Crippen molar-refractivity contribution in [3.8, 4) is 0 Å². The molecule has 1 N–H and O–H groups in total. The van der Waals surface area contributed by atoms with Gasteiger partial charge in [-0.2, -0.15) is 5.10 Å². The maximum Gasteiger partial charge on any atom is 0.264 e. The number of benzene rings is 3. The van der Waals surface area contributed by atoms with Crippen molar-refractivity contribution in [2.45, 2.75) is 25.7 Å². The van der Waals surface area contributed by atoms with Gasteiger partial charge in [-0.15, -0.1) is 0 Å². The van der Waals surface area contributed by atoms with E-state index in [1.54, 1.807) is 24.3 Å². The number of hydrogen-bond acceptors (Lipinski definition) is 4. The van der Waals surface area contributed by atoms with Gasteiger partial charge in [0.15, 0.2) is 0 Å². The van der Waals surface area contributed by atoms with Crippen LogP contribution in [0.15, 0.2) is 70.7 Å². The Kier molecular flexibility index (Phi) is 7.50. The Balaban J connectivity index is 1.90. The first kappa shape index (κ1) is 24.4. The van der Waals surface area contributed by atoms with Crippen molar-refractivity contribution in [3.63, 3.8) is 0 Å². The zero-order valence-electron chi connectivity index (χ0n) is 18.3. The molecule has 33 heavy (non-hydrogen) atoms. The van der Waals surface area contributed by atoms with Crippen LogP contribution in [0.2, 0.25) is 5.02 Å². The summed E-state index contributed by atoms with van der Waals surface area (Å²) in [7, 11) is -4.05. The van der Waals surface area contributed by atoms with Crippen LogP contribution < -0.4 is 9.73 Å². The third-order valence-corrected chi connectivity index (χ3v) is 6.89. The monoisotopic (exact) mass is 487 g/mol. The molecule has 0 unspecified atom stereocenters. The molecular formula is C24H23ClFN3O3S. The van der Waals surface area contributed by atoms with Crippen LogP contribution in [0, 0.1) is 26.6 Å². The molecule has 0 bridgehead atoms. The summed E-state index contributed by atoms with van der Waals surface area (Å²) in [5.41, 5.74) is 5.22. The van der Waals surface area contributed by atoms with Crippen molar-refractivity contribution in [2.24, 2.45) is 5.10 Å². The topological polar surface area (TPSA) is 78.8 Å². The van der Waals surface area contributed by atoms with Gasteiger partial charge in [0, 0.05) is 5.56 Å². The van der Waals surface area contributed by atoms with E-state index in [1.165, 1.54) is 30.3 Å². The van der Waals surface area contributed by atoms with Crippen molar-refractivity contribution < 1.29 is 17.6 Å². The number of carbonyl (C=O) groups is 1. The van der Waals surface area contributed by atoms with Gasteiger partial charge < -0.3 is 0 Å². The molecule has 0 fully saturated rings. The molecule has 0 atom stereocenters. The van der Waals surface area contributed by atoms with Crippen LogP contribution in [0.1, 0.15) is 22.3 Å². The van der Waals surface area contributed by atoms with E-state index in [2.05, 4.69) is 10.5 Å². The molecular weight excluding hydrogens is 465 g/mol. The predicted octanol–water partition coefficient (Wildman–Crippen LogP) is 4.75. The van der Waals surface area contributed by atoms with Crippen molar-refractivity contribution in [2.75, 3.05) is 10.8 Å². The van der Waals surface area contributed by atoms with Gasteiger partial charge in [-0.25, -0.2) is 18.2 Å². The molecule has 3 rings (SSSR count). The highest BCUT2D eigenvalue weighted by Gasteiger charge is 2.27. The van der Waals surface area contributed by atoms with E-state index in [4.69, 9.17) is 11.6 Å². The lowest BCUT2D eigenvalue weighted by Crippen LogP contribution is -2.39. The normalized spacial score (nSPS) is 11.5. The third kappa shape index (κ3) is 5.97. The van der Waals surface area contributed by atoms with Crippen LogP contribution in [0.4, 0.5) is 10.1 Å². The summed E-state index contributed by atoms with van der Waals surface area (Å²) in [6.45, 7) is 5.01. The number of nitrogens with zero attached hydrogens (tertiary/aromatic N) is 2. The minimum atomic E-state index is -4.05. The maximum atomic E-state index is 13.9. The molecule has 0 saturated carbocycles. The van der Waals surface area contributed by atoms with Crippen LogP contribution in [0.3, 0.4) is 0 Å². The summed E-state index contributed by atoms with van der Waals surface area (Å²) in [5.74, 6) is -1.30. The third-order valence-electron chi connectivity index (χ3n) is 4.77. The Morgan fingerprint density at radius 1 is 1.03 bits per heavy atom. The molecule has 0 spiro atoms. The highest BCUT2D eigenvalue weighted by atomic mass is 35.5. The molecule has 3 aromatic rings. The van der Waals surface area contributed by atoms with E-state index >= 15 is 0 Å². The number of aryl methyl sites for hydroxylation is 3. The molecule has 0 aromatic heterocycles. The van der Waals surface area contributed by atoms with Gasteiger partial charge in [0.2, 0.25) is 0 Å². The summed E-state index contributed by atoms with van der Waals surface area (Å²) in [5, 5.41) is 3.87. The number of rotatable bonds is 7. The number of anilines is 1. The van der Waals surface area contributed by atoms with E-state index in [0.717, 1.165) is 27.2 Å². The number of sulfonamides is 1. The summed E-state index contributed by atoms with van der Waals surface area (Å²) in [4.78, 5) is 12.7. The Hall–Kier alpha value is -3.23. The number of nitrogens with one attached hydrogen (secondary N) is 1. The molecule has 3 aromatic carbocycles. The Morgan fingerprint density at radius 2 is 1.67 bits per heavy atom. The second-order valence-electron chi connectivity index (χ2n) is 7.60. The van der Waals surface area contributed by atoms with E-state index in [1.807, 2.05) is 26.8 Å². The van der Waals surface area contributed by atoms with E-state index in [0.29, 0.717) is 5.69 Å². The standard InChI is InChI=1S/C24H23ClFN3O3S/c1-16-7-9-20(10-8-16)33(31,32)29(19-12-17(2)11-18(3)13-19)15-24(30)28-27-14-21-22(25)5-4-6-23(21)26/h4-14H,15H2,1-3H3,(H,28,30)/b27-14-. The second kappa shape index (κ2) is 10.1. The van der Waals surface area contributed by atoms with Crippen molar-refractivity contribution >= 4 is 39.4 Å². The Labute approximate surface area is 197 Å². The van der Waals surface area contributed by atoms with Gasteiger partial charge in [0.25, 0.3) is 15.9 Å². The number of hydrazone groups is 1. The van der Waals surface area contributed by atoms with Gasteiger partial charge in [0.05, 0.1) is 21.8 Å². The van der Waals surface area contributed by atoms with Crippen LogP contribution >= 0.6 is 11.6 Å². The fourth-order valence-electron chi connectivity index (χ4n) is 3.22. The molecule has 1 amide bonds. The highest BCUT2D eigenvalue weighted by Crippen LogP contribution is 2.26. The molecule has 172 valence electrons. The van der Waals surface area contributed by atoms with Crippen LogP contribution in [0.5, 0.6) is 0 Å². The van der Waals surface area contributed by atoms with E-state index in [-0.39, 0.29) is 15.5 Å². The highest BCUT2D eigenvalue weighted by molar-refractivity contribution is 7.92. The first-order valence-corrected chi connectivity index (χ1v) is 11.8. The number of carbonyl (C=O) groups excluding carboxylic acids is 1. The fourth-order valence-corrected chi connectivity index (χ4v) is 4.83. The average Bonchev–Trinajstić information content (AvgIpc) is 2.73. The SMILES string of the molecule is Cc1ccc(S(=O)(=O)N(CC(=O)N/N=C\c2c(F)cccc2Cl)c2cc(C)cc(C)c2)cc1. The number of halogens is 2. The summed E-state index contributed by atoms with van der Waals surface area (Å²) < 4.78 is 41.8. The lowest BCUT2D eigenvalue weighted by atomic mass is 10.1. The van der Waals surface area contributed by atoms with Gasteiger partial charge >= 0.3 is 0 Å². The van der Waals surface area contributed by atoms with E-state index < -0.39 is 28.3 Å². The Bertz CT molecular complexity index is 1270. The summed E-state index contributed by atoms with van der Waals surface area (Å²) in [6, 6.07) is 15.8. The first-order chi connectivity index (χ1) is 15.6. The minimum Gasteiger partial charge on any atom is -0.271 e. The molecule has 0 heterocycles. The fraction of sp³-hybridized carbons (Fsp3) is 0.167. The smallest absolute Gasteiger partial charge is 0.264 e. The van der Waals surface area contributed by atoms with Crippen LogP contribution in [-0.2, 0) is 14.8 Å². The van der Waals surface area contributed by atoms with Crippen molar-refractivity contribution in [3.05, 3.63) is 93.8 Å². The van der Waals surface area contributed by atoms with Gasteiger partial charge in [0.1, 0.15) is 12.4 Å². The molecule has 0 saturated heterocycles. The van der Waals surface area contributed by atoms with Crippen molar-refractivity contribution in [1.29, 1.82) is 0 Å². The van der Waals surface area contributed by atoms with Crippen molar-refractivity contribution in [1.82, 2.24) is 5.43 Å². The van der Waals surface area contributed by atoms with Crippen LogP contribution in [0.25, 0.3) is 0 Å². The van der Waals surface area contributed by atoms with Gasteiger partial charge in [-0.05, 0) is 68.3 Å². The molecule has 0 aliphatic heterocycles. The van der Waals surface area contributed by atoms with E-state index in [9.17, 15) is 17.6 Å². The largest absolute Gasteiger partial charge is 0.271 e. The number of hydrogen-bond donors (Lipinski definition) is 1. The summed E-state index contributed by atoms with van der Waals surface area (Å²) in [6.07, 6.45) is 1.07. The summed E-state index contributed by atoms with van der Waals surface area (Å²) >= 11 is 5.95. The van der Waals surface area contributed by atoms with Crippen LogP contribution in [-0.4, -0.2) is 27.1 Å². The molecule has 0 aliphatic carbocycles. The van der Waals surface area contributed by atoms with Gasteiger partial charge in [-0.3, -0.25) is 9.10 Å². The molecule has 9 heteroatoms. The number of amides is 1. The predicted molar refractivity (Wildman–Crippen MR) is 129 cm³/mol. The molecule has 0 aliphatic rings. The lowest BCUT2D eigenvalue weighted by molar-refractivity contribution is -0.119. The average molecular weight is 488 g/mol. The zero-order chi connectivity index (χ0) is 24.2. The zero-order valence-corrected chi connectivity index (χ0v) is 19.9.